The molecule has 0 radical (unpaired) electrons. The van der Waals surface area contributed by atoms with Gasteiger partial charge in [-0.3, -0.25) is 0 Å². The van der Waals surface area contributed by atoms with Crippen LogP contribution in [0.2, 0.25) is 5.02 Å². The van der Waals surface area contributed by atoms with Crippen molar-refractivity contribution in [2.45, 2.75) is 39.3 Å². The lowest BCUT2D eigenvalue weighted by atomic mass is 9.97. The Morgan fingerprint density at radius 3 is 2.62 bits per heavy atom. The number of aryl methyl sites for hydroxylation is 2. The van der Waals surface area contributed by atoms with Crippen molar-refractivity contribution in [3.8, 4) is 5.75 Å². The zero-order chi connectivity index (χ0) is 15.4. The molecule has 112 valence electrons. The standard InChI is InChI=1S/C18H22ClNO/c1-12-7-8-13(2)15(9-12)10-18(20)14(3)21-17-6-4-5-16(19)11-17/h4-9,11,14,18H,10,20H2,1-3H3. The minimum atomic E-state index is -0.0802. The number of halogens is 1. The summed E-state index contributed by atoms with van der Waals surface area (Å²) >= 11 is 5.96. The molecule has 2 atom stereocenters. The van der Waals surface area contributed by atoms with Crippen LogP contribution in [0.1, 0.15) is 23.6 Å². The summed E-state index contributed by atoms with van der Waals surface area (Å²) in [5.74, 6) is 0.756. The first-order valence-electron chi connectivity index (χ1n) is 7.19. The number of nitrogens with two attached hydrogens (primary N) is 1. The van der Waals surface area contributed by atoms with Gasteiger partial charge in [0.05, 0.1) is 0 Å². The van der Waals surface area contributed by atoms with E-state index in [1.54, 1.807) is 0 Å². The third-order valence-corrected chi connectivity index (χ3v) is 3.92. The van der Waals surface area contributed by atoms with Crippen LogP contribution >= 0.6 is 11.6 Å². The maximum absolute atomic E-state index is 6.30. The van der Waals surface area contributed by atoms with E-state index in [9.17, 15) is 0 Å². The Kier molecular flexibility index (Phi) is 5.27. The van der Waals surface area contributed by atoms with Crippen molar-refractivity contribution in [2.75, 3.05) is 0 Å². The Morgan fingerprint density at radius 2 is 1.90 bits per heavy atom. The Morgan fingerprint density at radius 1 is 1.14 bits per heavy atom. The first-order chi connectivity index (χ1) is 9.95. The van der Waals surface area contributed by atoms with Crippen molar-refractivity contribution in [3.05, 3.63) is 64.2 Å². The largest absolute Gasteiger partial charge is 0.489 e. The molecule has 0 aliphatic carbocycles. The van der Waals surface area contributed by atoms with E-state index in [1.165, 1.54) is 16.7 Å². The average Bonchev–Trinajstić information content (AvgIpc) is 2.43. The number of ether oxygens (including phenoxy) is 1. The van der Waals surface area contributed by atoms with E-state index in [-0.39, 0.29) is 12.1 Å². The molecule has 0 spiro atoms. The molecule has 21 heavy (non-hydrogen) atoms. The van der Waals surface area contributed by atoms with Crippen molar-refractivity contribution in [1.29, 1.82) is 0 Å². The topological polar surface area (TPSA) is 35.2 Å². The lowest BCUT2D eigenvalue weighted by molar-refractivity contribution is 0.189. The molecule has 2 unspecified atom stereocenters. The highest BCUT2D eigenvalue weighted by Crippen LogP contribution is 2.20. The van der Waals surface area contributed by atoms with E-state index in [2.05, 4.69) is 32.0 Å². The van der Waals surface area contributed by atoms with Crippen LogP contribution in [0, 0.1) is 13.8 Å². The highest BCUT2D eigenvalue weighted by Gasteiger charge is 2.16. The quantitative estimate of drug-likeness (QED) is 0.894. The summed E-state index contributed by atoms with van der Waals surface area (Å²) in [6, 6.07) is 13.8. The fourth-order valence-electron chi connectivity index (χ4n) is 2.28. The van der Waals surface area contributed by atoms with E-state index in [4.69, 9.17) is 22.1 Å². The average molecular weight is 304 g/mol. The molecule has 0 aliphatic rings. The first kappa shape index (κ1) is 15.9. The Balaban J connectivity index is 2.02. The van der Waals surface area contributed by atoms with Gasteiger partial charge in [0.15, 0.2) is 0 Å². The van der Waals surface area contributed by atoms with Gasteiger partial charge in [-0.2, -0.15) is 0 Å². The summed E-state index contributed by atoms with van der Waals surface area (Å²) in [5, 5.41) is 0.669. The number of rotatable bonds is 5. The summed E-state index contributed by atoms with van der Waals surface area (Å²) in [5.41, 5.74) is 10.1. The molecule has 2 aromatic carbocycles. The maximum Gasteiger partial charge on any atom is 0.121 e. The highest BCUT2D eigenvalue weighted by molar-refractivity contribution is 6.30. The summed E-state index contributed by atoms with van der Waals surface area (Å²) in [6.45, 7) is 6.21. The minimum Gasteiger partial charge on any atom is -0.489 e. The van der Waals surface area contributed by atoms with Crippen LogP contribution in [0.25, 0.3) is 0 Å². The monoisotopic (exact) mass is 303 g/mol. The van der Waals surface area contributed by atoms with Crippen LogP contribution in [0.15, 0.2) is 42.5 Å². The molecular weight excluding hydrogens is 282 g/mol. The third kappa shape index (κ3) is 4.48. The van der Waals surface area contributed by atoms with Crippen molar-refractivity contribution < 1.29 is 4.74 Å². The minimum absolute atomic E-state index is 0.0653. The number of benzene rings is 2. The second kappa shape index (κ2) is 6.97. The van der Waals surface area contributed by atoms with E-state index < -0.39 is 0 Å². The fraction of sp³-hybridized carbons (Fsp3) is 0.333. The molecular formula is C18H22ClNO. The van der Waals surface area contributed by atoms with Gasteiger partial charge < -0.3 is 10.5 Å². The van der Waals surface area contributed by atoms with Gasteiger partial charge in [0.2, 0.25) is 0 Å². The van der Waals surface area contributed by atoms with Crippen LogP contribution in [0.5, 0.6) is 5.75 Å². The Bertz CT molecular complexity index is 612. The lowest BCUT2D eigenvalue weighted by Crippen LogP contribution is -2.38. The molecule has 3 heteroatoms. The van der Waals surface area contributed by atoms with E-state index in [0.717, 1.165) is 12.2 Å². The molecule has 2 nitrogen and oxygen atoms in total. The molecule has 0 aromatic heterocycles. The molecule has 2 N–H and O–H groups in total. The third-order valence-electron chi connectivity index (χ3n) is 3.68. The van der Waals surface area contributed by atoms with E-state index in [1.807, 2.05) is 31.2 Å². The van der Waals surface area contributed by atoms with Gasteiger partial charge in [0.1, 0.15) is 11.9 Å². The normalized spacial score (nSPS) is 13.8. The van der Waals surface area contributed by atoms with Crippen LogP contribution in [0.4, 0.5) is 0 Å². The lowest BCUT2D eigenvalue weighted by Gasteiger charge is -2.22. The van der Waals surface area contributed by atoms with Gasteiger partial charge in [-0.15, -0.1) is 0 Å². The molecule has 0 heterocycles. The summed E-state index contributed by atoms with van der Waals surface area (Å²) < 4.78 is 5.89. The molecule has 0 amide bonds. The second-order valence-electron chi connectivity index (χ2n) is 5.58. The molecule has 0 bridgehead atoms. The van der Waals surface area contributed by atoms with Gasteiger partial charge >= 0.3 is 0 Å². The van der Waals surface area contributed by atoms with Crippen LogP contribution in [-0.4, -0.2) is 12.1 Å². The van der Waals surface area contributed by atoms with E-state index in [0.29, 0.717) is 5.02 Å². The molecule has 0 saturated carbocycles. The molecule has 0 fully saturated rings. The highest BCUT2D eigenvalue weighted by atomic mass is 35.5. The SMILES string of the molecule is Cc1ccc(C)c(CC(N)C(C)Oc2cccc(Cl)c2)c1. The van der Waals surface area contributed by atoms with Crippen molar-refractivity contribution in [3.63, 3.8) is 0 Å². The van der Waals surface area contributed by atoms with Gasteiger partial charge in [0, 0.05) is 11.1 Å². The van der Waals surface area contributed by atoms with Crippen LogP contribution in [0.3, 0.4) is 0 Å². The Labute approximate surface area is 131 Å². The van der Waals surface area contributed by atoms with Gasteiger partial charge in [-0.25, -0.2) is 0 Å². The van der Waals surface area contributed by atoms with E-state index >= 15 is 0 Å². The molecule has 0 aliphatic heterocycles. The zero-order valence-corrected chi connectivity index (χ0v) is 13.5. The van der Waals surface area contributed by atoms with Crippen molar-refractivity contribution in [1.82, 2.24) is 0 Å². The molecule has 0 saturated heterocycles. The van der Waals surface area contributed by atoms with Crippen molar-refractivity contribution in [2.24, 2.45) is 5.73 Å². The maximum atomic E-state index is 6.30. The fourth-order valence-corrected chi connectivity index (χ4v) is 2.46. The molecule has 2 rings (SSSR count). The Hall–Kier alpha value is -1.51. The van der Waals surface area contributed by atoms with Gasteiger partial charge in [-0.1, -0.05) is 41.4 Å². The first-order valence-corrected chi connectivity index (χ1v) is 7.57. The van der Waals surface area contributed by atoms with Crippen LogP contribution in [-0.2, 0) is 6.42 Å². The predicted octanol–water partition coefficient (Wildman–Crippen LogP) is 4.29. The summed E-state index contributed by atoms with van der Waals surface area (Å²) in [7, 11) is 0. The van der Waals surface area contributed by atoms with Crippen LogP contribution < -0.4 is 10.5 Å². The smallest absolute Gasteiger partial charge is 0.121 e. The zero-order valence-electron chi connectivity index (χ0n) is 12.8. The molecule has 2 aromatic rings. The van der Waals surface area contributed by atoms with Gasteiger partial charge in [-0.05, 0) is 56.5 Å². The predicted molar refractivity (Wildman–Crippen MR) is 89.1 cm³/mol. The second-order valence-corrected chi connectivity index (χ2v) is 6.01. The summed E-state index contributed by atoms with van der Waals surface area (Å²) in [4.78, 5) is 0. The number of hydrogen-bond donors (Lipinski definition) is 1. The summed E-state index contributed by atoms with van der Waals surface area (Å²) in [6.07, 6.45) is 0.721. The van der Waals surface area contributed by atoms with Gasteiger partial charge in [0.25, 0.3) is 0 Å². The number of hydrogen-bond acceptors (Lipinski definition) is 2. The van der Waals surface area contributed by atoms with Crippen molar-refractivity contribution >= 4 is 11.6 Å².